The van der Waals surface area contributed by atoms with Gasteiger partial charge in [0.05, 0.1) is 5.52 Å². The number of fused-ring (bicyclic) bond motifs is 1. The zero-order chi connectivity index (χ0) is 13.2. The molecule has 0 unspecified atom stereocenters. The monoisotopic (exact) mass is 242 g/mol. The van der Waals surface area contributed by atoms with Gasteiger partial charge in [-0.2, -0.15) is 0 Å². The summed E-state index contributed by atoms with van der Waals surface area (Å²) in [5.74, 6) is 0.109. The lowest BCUT2D eigenvalue weighted by Crippen LogP contribution is -2.32. The van der Waals surface area contributed by atoms with Crippen LogP contribution in [0.3, 0.4) is 0 Å². The number of aromatic nitrogens is 1. The van der Waals surface area contributed by atoms with Crippen molar-refractivity contribution in [1.29, 1.82) is 0 Å². The first kappa shape index (κ1) is 12.7. The lowest BCUT2D eigenvalue weighted by molar-refractivity contribution is 0.0974. The molecule has 0 fully saturated rings. The van der Waals surface area contributed by atoms with Gasteiger partial charge in [0, 0.05) is 29.1 Å². The van der Waals surface area contributed by atoms with Gasteiger partial charge in [0.2, 0.25) is 0 Å². The largest absolute Gasteiger partial charge is 0.326 e. The van der Waals surface area contributed by atoms with E-state index in [1.165, 1.54) is 0 Å². The standard InChI is InChI=1S/C15H18N2O/c1-15(2,16)9-8-13(18)12-7-3-5-11-6-4-10-17-14(11)12/h3-7,10H,8-9,16H2,1-2H3. The van der Waals surface area contributed by atoms with Crippen LogP contribution < -0.4 is 5.73 Å². The molecule has 2 N–H and O–H groups in total. The summed E-state index contributed by atoms with van der Waals surface area (Å²) >= 11 is 0. The number of carbonyl (C=O) groups excluding carboxylic acids is 1. The second-order valence-corrected chi connectivity index (χ2v) is 5.29. The molecule has 0 saturated heterocycles. The number of hydrogen-bond donors (Lipinski definition) is 1. The lowest BCUT2D eigenvalue weighted by Gasteiger charge is -2.17. The van der Waals surface area contributed by atoms with Crippen molar-refractivity contribution in [3.8, 4) is 0 Å². The van der Waals surface area contributed by atoms with Crippen LogP contribution in [0.25, 0.3) is 10.9 Å². The molecule has 94 valence electrons. The highest BCUT2D eigenvalue weighted by Gasteiger charge is 2.16. The van der Waals surface area contributed by atoms with Crippen molar-refractivity contribution < 1.29 is 4.79 Å². The number of pyridine rings is 1. The smallest absolute Gasteiger partial charge is 0.165 e. The second-order valence-electron chi connectivity index (χ2n) is 5.29. The van der Waals surface area contributed by atoms with Crippen LogP contribution in [0.1, 0.15) is 37.0 Å². The minimum atomic E-state index is -0.312. The number of carbonyl (C=O) groups is 1. The predicted octanol–water partition coefficient (Wildman–Crippen LogP) is 2.94. The number of nitrogens with zero attached hydrogens (tertiary/aromatic N) is 1. The summed E-state index contributed by atoms with van der Waals surface area (Å²) in [6, 6.07) is 9.53. The fourth-order valence-electron chi connectivity index (χ4n) is 1.90. The summed E-state index contributed by atoms with van der Waals surface area (Å²) in [4.78, 5) is 16.5. The molecule has 3 heteroatoms. The number of Topliss-reactive ketones (excluding diaryl/α,β-unsaturated/α-hetero) is 1. The lowest BCUT2D eigenvalue weighted by atomic mass is 9.95. The molecule has 3 nitrogen and oxygen atoms in total. The van der Waals surface area contributed by atoms with Crippen molar-refractivity contribution in [2.24, 2.45) is 5.73 Å². The zero-order valence-electron chi connectivity index (χ0n) is 10.8. The van der Waals surface area contributed by atoms with Gasteiger partial charge in [-0.25, -0.2) is 0 Å². The molecule has 0 aliphatic heterocycles. The van der Waals surface area contributed by atoms with Gasteiger partial charge in [-0.1, -0.05) is 18.2 Å². The van der Waals surface area contributed by atoms with Crippen LogP contribution >= 0.6 is 0 Å². The molecule has 0 amide bonds. The maximum absolute atomic E-state index is 12.2. The van der Waals surface area contributed by atoms with Crippen molar-refractivity contribution in [2.75, 3.05) is 0 Å². The minimum absolute atomic E-state index is 0.109. The van der Waals surface area contributed by atoms with E-state index < -0.39 is 0 Å². The number of nitrogens with two attached hydrogens (primary N) is 1. The number of rotatable bonds is 4. The number of ketones is 1. The maximum atomic E-state index is 12.2. The first-order valence-corrected chi connectivity index (χ1v) is 6.13. The Kier molecular flexibility index (Phi) is 3.43. The van der Waals surface area contributed by atoms with E-state index in [1.807, 2.05) is 44.2 Å². The SMILES string of the molecule is CC(C)(N)CCC(=O)c1cccc2cccnc12. The fraction of sp³-hybridized carbons (Fsp3) is 0.333. The summed E-state index contributed by atoms with van der Waals surface area (Å²) in [7, 11) is 0. The first-order valence-electron chi connectivity index (χ1n) is 6.13. The Hall–Kier alpha value is -1.74. The summed E-state index contributed by atoms with van der Waals surface area (Å²) in [5.41, 5.74) is 7.06. The van der Waals surface area contributed by atoms with Gasteiger partial charge < -0.3 is 5.73 Å². The average molecular weight is 242 g/mol. The highest BCUT2D eigenvalue weighted by Crippen LogP contribution is 2.19. The van der Waals surface area contributed by atoms with E-state index in [-0.39, 0.29) is 11.3 Å². The van der Waals surface area contributed by atoms with Crippen molar-refractivity contribution in [1.82, 2.24) is 4.98 Å². The molecule has 0 radical (unpaired) electrons. The van der Waals surface area contributed by atoms with E-state index in [0.29, 0.717) is 18.4 Å². The molecule has 0 aliphatic carbocycles. The number of benzene rings is 1. The van der Waals surface area contributed by atoms with E-state index in [4.69, 9.17) is 5.73 Å². The first-order chi connectivity index (χ1) is 8.47. The number of hydrogen-bond acceptors (Lipinski definition) is 3. The highest BCUT2D eigenvalue weighted by atomic mass is 16.1. The topological polar surface area (TPSA) is 56.0 Å². The maximum Gasteiger partial charge on any atom is 0.165 e. The Balaban J connectivity index is 2.28. The van der Waals surface area contributed by atoms with Crippen LogP contribution in [-0.2, 0) is 0 Å². The summed E-state index contributed by atoms with van der Waals surface area (Å²) in [6.07, 6.45) is 2.85. The van der Waals surface area contributed by atoms with Crippen molar-refractivity contribution in [3.63, 3.8) is 0 Å². The Bertz CT molecular complexity index is 565. The quantitative estimate of drug-likeness (QED) is 0.839. The van der Waals surface area contributed by atoms with E-state index in [1.54, 1.807) is 6.20 Å². The number of para-hydroxylation sites is 1. The fourth-order valence-corrected chi connectivity index (χ4v) is 1.90. The molecule has 0 spiro atoms. The van der Waals surface area contributed by atoms with Gasteiger partial charge in [-0.3, -0.25) is 9.78 Å². The van der Waals surface area contributed by atoms with Crippen molar-refractivity contribution >= 4 is 16.7 Å². The van der Waals surface area contributed by atoms with Crippen LogP contribution in [0.5, 0.6) is 0 Å². The van der Waals surface area contributed by atoms with Gasteiger partial charge in [0.1, 0.15) is 0 Å². The third-order valence-corrected chi connectivity index (χ3v) is 2.93. The van der Waals surface area contributed by atoms with Crippen LogP contribution in [0.15, 0.2) is 36.5 Å². The summed E-state index contributed by atoms with van der Waals surface area (Å²) in [5, 5.41) is 0.996. The van der Waals surface area contributed by atoms with Crippen LogP contribution in [-0.4, -0.2) is 16.3 Å². The third kappa shape index (κ3) is 2.93. The normalized spacial score (nSPS) is 11.7. The van der Waals surface area contributed by atoms with Gasteiger partial charge in [0.15, 0.2) is 5.78 Å². The molecule has 0 saturated carbocycles. The molecule has 2 aromatic rings. The van der Waals surface area contributed by atoms with E-state index in [2.05, 4.69) is 4.98 Å². The molecule has 0 atom stereocenters. The predicted molar refractivity (Wildman–Crippen MR) is 73.6 cm³/mol. The molecule has 2 rings (SSSR count). The second kappa shape index (κ2) is 4.86. The van der Waals surface area contributed by atoms with Crippen molar-refractivity contribution in [3.05, 3.63) is 42.1 Å². The van der Waals surface area contributed by atoms with Gasteiger partial charge in [0.25, 0.3) is 0 Å². The van der Waals surface area contributed by atoms with Gasteiger partial charge >= 0.3 is 0 Å². The van der Waals surface area contributed by atoms with E-state index in [9.17, 15) is 4.79 Å². The Labute approximate surface area is 107 Å². The molecular formula is C15H18N2O. The average Bonchev–Trinajstić information content (AvgIpc) is 2.34. The van der Waals surface area contributed by atoms with Crippen LogP contribution in [0, 0.1) is 0 Å². The molecule has 0 bridgehead atoms. The van der Waals surface area contributed by atoms with E-state index >= 15 is 0 Å². The minimum Gasteiger partial charge on any atom is -0.326 e. The van der Waals surface area contributed by atoms with E-state index in [0.717, 1.165) is 10.9 Å². The third-order valence-electron chi connectivity index (χ3n) is 2.93. The van der Waals surface area contributed by atoms with Crippen LogP contribution in [0.4, 0.5) is 0 Å². The van der Waals surface area contributed by atoms with Crippen LogP contribution in [0.2, 0.25) is 0 Å². The Morgan fingerprint density at radius 3 is 2.72 bits per heavy atom. The Morgan fingerprint density at radius 1 is 1.28 bits per heavy atom. The summed E-state index contributed by atoms with van der Waals surface area (Å²) < 4.78 is 0. The molecule has 1 aromatic carbocycles. The molecular weight excluding hydrogens is 224 g/mol. The molecule has 1 aromatic heterocycles. The Morgan fingerprint density at radius 2 is 2.00 bits per heavy atom. The highest BCUT2D eigenvalue weighted by molar-refractivity contribution is 6.06. The summed E-state index contributed by atoms with van der Waals surface area (Å²) in [6.45, 7) is 3.86. The molecule has 18 heavy (non-hydrogen) atoms. The van der Waals surface area contributed by atoms with Crippen molar-refractivity contribution in [2.45, 2.75) is 32.2 Å². The molecule has 1 heterocycles. The molecule has 0 aliphatic rings. The van der Waals surface area contributed by atoms with Gasteiger partial charge in [-0.05, 0) is 32.4 Å². The zero-order valence-corrected chi connectivity index (χ0v) is 10.8. The van der Waals surface area contributed by atoms with Gasteiger partial charge in [-0.15, -0.1) is 0 Å².